The highest BCUT2D eigenvalue weighted by Gasteiger charge is 2.32. The molecule has 0 bridgehead atoms. The van der Waals surface area contributed by atoms with Crippen molar-refractivity contribution in [3.8, 4) is 5.75 Å². The number of aryl methyl sites for hydroxylation is 2. The van der Waals surface area contributed by atoms with Gasteiger partial charge in [0.1, 0.15) is 5.75 Å². The maximum Gasteiger partial charge on any atom is 0.274 e. The number of rotatable bonds is 4. The molecule has 1 aliphatic heterocycles. The first-order valence-electron chi connectivity index (χ1n) is 10.3. The number of phenols is 1. The topological polar surface area (TPSA) is 58.4 Å². The van der Waals surface area contributed by atoms with Gasteiger partial charge in [-0.05, 0) is 75.5 Å². The van der Waals surface area contributed by atoms with E-state index in [0.717, 1.165) is 57.1 Å². The maximum absolute atomic E-state index is 13.4. The van der Waals surface area contributed by atoms with Crippen molar-refractivity contribution in [1.82, 2.24) is 14.7 Å². The lowest BCUT2D eigenvalue weighted by atomic mass is 9.93. The third-order valence-corrected chi connectivity index (χ3v) is 6.13. The van der Waals surface area contributed by atoms with Crippen molar-refractivity contribution < 1.29 is 9.90 Å². The summed E-state index contributed by atoms with van der Waals surface area (Å²) in [5.74, 6) is 0.429. The average molecular weight is 367 g/mol. The molecule has 5 heteroatoms. The Balaban J connectivity index is 1.51. The van der Waals surface area contributed by atoms with Gasteiger partial charge in [0.05, 0.1) is 0 Å². The highest BCUT2D eigenvalue weighted by molar-refractivity contribution is 5.94. The highest BCUT2D eigenvalue weighted by atomic mass is 16.3. The third-order valence-electron chi connectivity index (χ3n) is 6.13. The van der Waals surface area contributed by atoms with Gasteiger partial charge in [-0.1, -0.05) is 12.1 Å². The van der Waals surface area contributed by atoms with Crippen molar-refractivity contribution in [2.75, 3.05) is 6.54 Å². The average Bonchev–Trinajstić information content (AvgIpc) is 3.03. The number of nitrogens with zero attached hydrogens (tertiary/aromatic N) is 3. The quantitative estimate of drug-likeness (QED) is 0.898. The number of benzene rings is 1. The summed E-state index contributed by atoms with van der Waals surface area (Å²) < 4.78 is 1.92. The summed E-state index contributed by atoms with van der Waals surface area (Å²) in [6.45, 7) is 0.828. The Morgan fingerprint density at radius 2 is 2.07 bits per heavy atom. The number of carbonyl (C=O) groups is 1. The van der Waals surface area contributed by atoms with Crippen LogP contribution in [0.1, 0.15) is 65.8 Å². The summed E-state index contributed by atoms with van der Waals surface area (Å²) in [6, 6.07) is 7.71. The molecule has 1 saturated heterocycles. The molecule has 1 atom stereocenters. The Labute approximate surface area is 161 Å². The van der Waals surface area contributed by atoms with Crippen molar-refractivity contribution >= 4 is 5.91 Å². The molecule has 4 rings (SSSR count). The van der Waals surface area contributed by atoms with Crippen LogP contribution in [0, 0.1) is 0 Å². The molecule has 1 aromatic heterocycles. The van der Waals surface area contributed by atoms with Crippen molar-refractivity contribution in [1.29, 1.82) is 0 Å². The van der Waals surface area contributed by atoms with E-state index in [0.29, 0.717) is 11.4 Å². The Morgan fingerprint density at radius 3 is 2.93 bits per heavy atom. The van der Waals surface area contributed by atoms with E-state index >= 15 is 0 Å². The summed E-state index contributed by atoms with van der Waals surface area (Å²) >= 11 is 0. The van der Waals surface area contributed by atoms with Gasteiger partial charge in [-0.15, -0.1) is 0 Å². The molecule has 1 aromatic carbocycles. The van der Waals surface area contributed by atoms with Crippen LogP contribution in [0.4, 0.5) is 0 Å². The van der Waals surface area contributed by atoms with Crippen molar-refractivity contribution in [3.63, 3.8) is 0 Å². The van der Waals surface area contributed by atoms with E-state index in [4.69, 9.17) is 0 Å². The molecule has 2 aromatic rings. The second kappa shape index (κ2) is 7.75. The van der Waals surface area contributed by atoms with Gasteiger partial charge in [0.2, 0.25) is 0 Å². The highest BCUT2D eigenvalue weighted by Crippen LogP contribution is 2.28. The zero-order chi connectivity index (χ0) is 18.8. The second-order valence-corrected chi connectivity index (χ2v) is 7.96. The van der Waals surface area contributed by atoms with Crippen molar-refractivity contribution in [2.45, 2.75) is 63.8 Å². The van der Waals surface area contributed by atoms with Gasteiger partial charge < -0.3 is 10.0 Å². The number of hydrogen-bond donors (Lipinski definition) is 1. The standard InChI is InChI=1S/C22H29N3O2/c1-24-20-11-3-2-10-19(20)21(23-24)22(27)25-14-5-4-8-17(25)13-12-16-7-6-9-18(26)15-16/h6-7,9,15,17,26H,2-5,8,10-14H2,1H3. The predicted molar refractivity (Wildman–Crippen MR) is 105 cm³/mol. The fourth-order valence-electron chi connectivity index (χ4n) is 4.69. The van der Waals surface area contributed by atoms with Crippen LogP contribution in [0.25, 0.3) is 0 Å². The van der Waals surface area contributed by atoms with Crippen LogP contribution in [-0.4, -0.2) is 38.3 Å². The Bertz CT molecular complexity index is 827. The van der Waals surface area contributed by atoms with Crippen LogP contribution in [0.5, 0.6) is 5.75 Å². The van der Waals surface area contributed by atoms with Crippen LogP contribution in [0.15, 0.2) is 24.3 Å². The van der Waals surface area contributed by atoms with Gasteiger partial charge >= 0.3 is 0 Å². The number of amides is 1. The van der Waals surface area contributed by atoms with E-state index in [2.05, 4.69) is 10.00 Å². The fourth-order valence-corrected chi connectivity index (χ4v) is 4.69. The van der Waals surface area contributed by atoms with Gasteiger partial charge in [-0.3, -0.25) is 9.48 Å². The summed E-state index contributed by atoms with van der Waals surface area (Å²) in [4.78, 5) is 15.4. The van der Waals surface area contributed by atoms with Crippen LogP contribution >= 0.6 is 0 Å². The zero-order valence-corrected chi connectivity index (χ0v) is 16.2. The van der Waals surface area contributed by atoms with Crippen LogP contribution in [0.2, 0.25) is 0 Å². The number of carbonyl (C=O) groups excluding carboxylic acids is 1. The number of likely N-dealkylation sites (tertiary alicyclic amines) is 1. The maximum atomic E-state index is 13.4. The lowest BCUT2D eigenvalue weighted by molar-refractivity contribution is 0.0593. The van der Waals surface area contributed by atoms with E-state index < -0.39 is 0 Å². The molecule has 1 fully saturated rings. The monoisotopic (exact) mass is 367 g/mol. The summed E-state index contributed by atoms with van der Waals surface area (Å²) in [6.07, 6.45) is 9.47. The number of aromatic hydroxyl groups is 1. The van der Waals surface area contributed by atoms with E-state index in [1.165, 1.54) is 24.1 Å². The Morgan fingerprint density at radius 1 is 1.22 bits per heavy atom. The summed E-state index contributed by atoms with van der Waals surface area (Å²) in [5, 5.41) is 14.3. The van der Waals surface area contributed by atoms with Gasteiger partial charge in [0.15, 0.2) is 5.69 Å². The first-order valence-corrected chi connectivity index (χ1v) is 10.3. The van der Waals surface area contributed by atoms with E-state index in [-0.39, 0.29) is 11.9 Å². The molecule has 1 aliphatic carbocycles. The Kier molecular flexibility index (Phi) is 5.19. The molecule has 0 radical (unpaired) electrons. The largest absolute Gasteiger partial charge is 0.508 e. The zero-order valence-electron chi connectivity index (χ0n) is 16.2. The molecular formula is C22H29N3O2. The number of piperidine rings is 1. The number of hydrogen-bond acceptors (Lipinski definition) is 3. The molecule has 2 aliphatic rings. The van der Waals surface area contributed by atoms with Crippen molar-refractivity contribution in [3.05, 3.63) is 46.8 Å². The molecule has 27 heavy (non-hydrogen) atoms. The molecule has 0 spiro atoms. The molecule has 144 valence electrons. The van der Waals surface area contributed by atoms with Gasteiger partial charge in [0, 0.05) is 30.9 Å². The van der Waals surface area contributed by atoms with Crippen molar-refractivity contribution in [2.24, 2.45) is 7.05 Å². The third kappa shape index (κ3) is 3.73. The lowest BCUT2D eigenvalue weighted by Crippen LogP contribution is -2.44. The molecule has 0 saturated carbocycles. The first-order chi connectivity index (χ1) is 13.1. The molecule has 2 heterocycles. The minimum Gasteiger partial charge on any atom is -0.508 e. The normalized spacial score (nSPS) is 19.7. The smallest absolute Gasteiger partial charge is 0.274 e. The molecule has 1 unspecified atom stereocenters. The van der Waals surface area contributed by atoms with Crippen LogP contribution in [0.3, 0.4) is 0 Å². The van der Waals surface area contributed by atoms with Crippen LogP contribution < -0.4 is 0 Å². The lowest BCUT2D eigenvalue weighted by Gasteiger charge is -2.36. The second-order valence-electron chi connectivity index (χ2n) is 7.96. The van der Waals surface area contributed by atoms with Gasteiger partial charge in [-0.2, -0.15) is 5.10 Å². The summed E-state index contributed by atoms with van der Waals surface area (Å²) in [7, 11) is 1.97. The van der Waals surface area contributed by atoms with E-state index in [1.54, 1.807) is 6.07 Å². The molecule has 1 amide bonds. The minimum atomic E-state index is 0.120. The minimum absolute atomic E-state index is 0.120. The van der Waals surface area contributed by atoms with E-state index in [9.17, 15) is 9.90 Å². The Hall–Kier alpha value is -2.30. The van der Waals surface area contributed by atoms with Crippen LogP contribution in [-0.2, 0) is 26.3 Å². The fraction of sp³-hybridized carbons (Fsp3) is 0.545. The summed E-state index contributed by atoms with van der Waals surface area (Å²) in [5.41, 5.74) is 4.25. The predicted octanol–water partition coefficient (Wildman–Crippen LogP) is 3.63. The number of aromatic nitrogens is 2. The molecule has 5 nitrogen and oxygen atoms in total. The number of phenolic OH excluding ortho intramolecular Hbond substituents is 1. The van der Waals surface area contributed by atoms with E-state index in [1.807, 2.05) is 29.9 Å². The molecular weight excluding hydrogens is 338 g/mol. The van der Waals surface area contributed by atoms with Gasteiger partial charge in [-0.25, -0.2) is 0 Å². The van der Waals surface area contributed by atoms with Gasteiger partial charge in [0.25, 0.3) is 5.91 Å². The molecule has 1 N–H and O–H groups in total. The number of fused-ring (bicyclic) bond motifs is 1. The SMILES string of the molecule is Cn1nc(C(=O)N2CCCCC2CCc2cccc(O)c2)c2c1CCCC2. The first kappa shape index (κ1) is 18.1.